The fourth-order valence-electron chi connectivity index (χ4n) is 2.07. The summed E-state index contributed by atoms with van der Waals surface area (Å²) in [5, 5.41) is 11.0. The Morgan fingerprint density at radius 2 is 2.10 bits per heavy atom. The molecule has 1 rings (SSSR count). The van der Waals surface area contributed by atoms with E-state index >= 15 is 0 Å². The van der Waals surface area contributed by atoms with E-state index in [1.165, 1.54) is 7.11 Å². The molecular weight excluding hydrogens is 270 g/mol. The molecule has 1 atom stereocenters. The molecule has 0 saturated heterocycles. The van der Waals surface area contributed by atoms with Crippen molar-refractivity contribution >= 4 is 5.69 Å². The zero-order chi connectivity index (χ0) is 16.0. The third-order valence-corrected chi connectivity index (χ3v) is 3.59. The molecule has 118 valence electrons. The summed E-state index contributed by atoms with van der Waals surface area (Å²) in [5.41, 5.74) is 6.92. The van der Waals surface area contributed by atoms with Crippen LogP contribution in [0.4, 0.5) is 5.69 Å². The number of nitro benzene ring substituents is 1. The molecule has 1 aromatic carbocycles. The summed E-state index contributed by atoms with van der Waals surface area (Å²) in [6.45, 7) is 5.73. The fraction of sp³-hybridized carbons (Fsp3) is 0.600. The Bertz CT molecular complexity index is 477. The number of nitrogens with two attached hydrogens (primary N) is 1. The van der Waals surface area contributed by atoms with E-state index in [4.69, 9.17) is 10.5 Å². The van der Waals surface area contributed by atoms with Gasteiger partial charge in [-0.3, -0.25) is 10.1 Å². The van der Waals surface area contributed by atoms with Crippen molar-refractivity contribution in [2.45, 2.75) is 32.9 Å². The van der Waals surface area contributed by atoms with Crippen LogP contribution in [-0.2, 0) is 6.54 Å². The van der Waals surface area contributed by atoms with Crippen LogP contribution in [0.5, 0.6) is 5.75 Å². The molecular formula is C15H25N3O3. The van der Waals surface area contributed by atoms with Crippen molar-refractivity contribution < 1.29 is 9.66 Å². The molecule has 1 unspecified atom stereocenters. The predicted molar refractivity (Wildman–Crippen MR) is 83.4 cm³/mol. The van der Waals surface area contributed by atoms with Gasteiger partial charge < -0.3 is 15.4 Å². The fourth-order valence-corrected chi connectivity index (χ4v) is 2.07. The molecule has 6 heteroatoms. The third kappa shape index (κ3) is 5.32. The highest BCUT2D eigenvalue weighted by atomic mass is 16.6. The molecule has 0 aliphatic carbocycles. The molecule has 2 N–H and O–H groups in total. The predicted octanol–water partition coefficient (Wildman–Crippen LogP) is 2.41. The van der Waals surface area contributed by atoms with E-state index in [2.05, 4.69) is 18.7 Å². The summed E-state index contributed by atoms with van der Waals surface area (Å²) >= 11 is 0. The molecule has 0 radical (unpaired) electrons. The molecule has 1 aromatic rings. The number of methoxy groups -OCH3 is 1. The van der Waals surface area contributed by atoms with E-state index in [1.807, 2.05) is 13.1 Å². The number of ether oxygens (including phenoxy) is 1. The first-order valence-corrected chi connectivity index (χ1v) is 7.10. The maximum absolute atomic E-state index is 11.0. The summed E-state index contributed by atoms with van der Waals surface area (Å²) in [4.78, 5) is 12.7. The van der Waals surface area contributed by atoms with Gasteiger partial charge in [-0.25, -0.2) is 0 Å². The Kier molecular flexibility index (Phi) is 6.58. The molecule has 0 aliphatic rings. The molecule has 0 fully saturated rings. The van der Waals surface area contributed by atoms with Crippen molar-refractivity contribution in [3.05, 3.63) is 33.9 Å². The number of rotatable bonds is 8. The Morgan fingerprint density at radius 3 is 2.62 bits per heavy atom. The highest BCUT2D eigenvalue weighted by Crippen LogP contribution is 2.27. The molecule has 6 nitrogen and oxygen atoms in total. The minimum atomic E-state index is -0.420. The van der Waals surface area contributed by atoms with Crippen LogP contribution in [0.3, 0.4) is 0 Å². The van der Waals surface area contributed by atoms with Gasteiger partial charge in [0.05, 0.1) is 12.0 Å². The van der Waals surface area contributed by atoms with Crippen molar-refractivity contribution in [2.75, 3.05) is 20.7 Å². The first-order valence-electron chi connectivity index (χ1n) is 7.10. The van der Waals surface area contributed by atoms with Crippen LogP contribution in [0.15, 0.2) is 18.2 Å². The lowest BCUT2D eigenvalue weighted by atomic mass is 10.0. The summed E-state index contributed by atoms with van der Waals surface area (Å²) in [6.07, 6.45) is 0.909. The highest BCUT2D eigenvalue weighted by molar-refractivity contribution is 5.48. The second-order valence-electron chi connectivity index (χ2n) is 5.70. The lowest BCUT2D eigenvalue weighted by Gasteiger charge is -2.21. The first kappa shape index (κ1) is 17.4. The average molecular weight is 295 g/mol. The van der Waals surface area contributed by atoms with Crippen LogP contribution in [-0.4, -0.2) is 36.6 Å². The smallest absolute Gasteiger partial charge is 0.311 e. The second kappa shape index (κ2) is 7.95. The van der Waals surface area contributed by atoms with Crippen molar-refractivity contribution in [2.24, 2.45) is 11.7 Å². The highest BCUT2D eigenvalue weighted by Gasteiger charge is 2.16. The molecule has 0 bridgehead atoms. The van der Waals surface area contributed by atoms with E-state index < -0.39 is 4.92 Å². The lowest BCUT2D eigenvalue weighted by molar-refractivity contribution is -0.385. The van der Waals surface area contributed by atoms with Gasteiger partial charge in [-0.2, -0.15) is 0 Å². The van der Waals surface area contributed by atoms with Crippen molar-refractivity contribution in [1.82, 2.24) is 4.90 Å². The quantitative estimate of drug-likeness (QED) is 0.588. The number of nitro groups is 1. The lowest BCUT2D eigenvalue weighted by Crippen LogP contribution is -2.31. The Morgan fingerprint density at radius 1 is 1.43 bits per heavy atom. The second-order valence-corrected chi connectivity index (χ2v) is 5.70. The van der Waals surface area contributed by atoms with E-state index in [9.17, 15) is 10.1 Å². The zero-order valence-electron chi connectivity index (χ0n) is 13.2. The summed E-state index contributed by atoms with van der Waals surface area (Å²) < 4.78 is 5.00. The van der Waals surface area contributed by atoms with E-state index in [1.54, 1.807) is 12.1 Å². The average Bonchev–Trinajstić information content (AvgIpc) is 2.44. The van der Waals surface area contributed by atoms with Crippen LogP contribution < -0.4 is 10.5 Å². The van der Waals surface area contributed by atoms with Crippen molar-refractivity contribution in [3.63, 3.8) is 0 Å². The number of hydrogen-bond donors (Lipinski definition) is 1. The number of hydrogen-bond acceptors (Lipinski definition) is 5. The van der Waals surface area contributed by atoms with Gasteiger partial charge in [0.25, 0.3) is 0 Å². The van der Waals surface area contributed by atoms with Gasteiger partial charge in [-0.1, -0.05) is 19.9 Å². The van der Waals surface area contributed by atoms with Crippen LogP contribution in [0.1, 0.15) is 25.8 Å². The van der Waals surface area contributed by atoms with Crippen LogP contribution in [0, 0.1) is 16.0 Å². The van der Waals surface area contributed by atoms with Gasteiger partial charge in [-0.15, -0.1) is 0 Å². The zero-order valence-corrected chi connectivity index (χ0v) is 13.2. The maximum Gasteiger partial charge on any atom is 0.311 e. The van der Waals surface area contributed by atoms with E-state index in [0.29, 0.717) is 12.5 Å². The third-order valence-electron chi connectivity index (χ3n) is 3.59. The standard InChI is InChI=1S/C15H25N3O3/c1-11(2)13(16)7-8-17(3)10-12-5-6-15(21-4)14(9-12)18(19)20/h5-6,9,11,13H,7-8,10,16H2,1-4H3. The molecule has 0 saturated carbocycles. The maximum atomic E-state index is 11.0. The molecule has 0 heterocycles. The first-order chi connectivity index (χ1) is 9.85. The van der Waals surface area contributed by atoms with Gasteiger partial charge in [0, 0.05) is 18.7 Å². The summed E-state index contributed by atoms with van der Waals surface area (Å²) in [7, 11) is 3.42. The minimum Gasteiger partial charge on any atom is -0.490 e. The van der Waals surface area contributed by atoms with Crippen molar-refractivity contribution in [3.8, 4) is 5.75 Å². The van der Waals surface area contributed by atoms with Crippen LogP contribution >= 0.6 is 0 Å². The van der Waals surface area contributed by atoms with Gasteiger partial charge in [-0.05, 0) is 37.6 Å². The monoisotopic (exact) mass is 295 g/mol. The van der Waals surface area contributed by atoms with Gasteiger partial charge in [0.1, 0.15) is 0 Å². The number of benzene rings is 1. The molecule has 0 aromatic heterocycles. The number of nitrogens with zero attached hydrogens (tertiary/aromatic N) is 2. The Labute approximate surface area is 126 Å². The summed E-state index contributed by atoms with van der Waals surface area (Å²) in [5.74, 6) is 0.744. The van der Waals surface area contributed by atoms with E-state index in [-0.39, 0.29) is 17.5 Å². The minimum absolute atomic E-state index is 0.00211. The Balaban J connectivity index is 2.66. The van der Waals surface area contributed by atoms with Crippen molar-refractivity contribution in [1.29, 1.82) is 0 Å². The molecule has 0 amide bonds. The largest absolute Gasteiger partial charge is 0.490 e. The topological polar surface area (TPSA) is 81.6 Å². The molecule has 21 heavy (non-hydrogen) atoms. The van der Waals surface area contributed by atoms with Gasteiger partial charge in [0.15, 0.2) is 5.75 Å². The van der Waals surface area contributed by atoms with Gasteiger partial charge in [0.2, 0.25) is 0 Å². The Hall–Kier alpha value is -1.66. The van der Waals surface area contributed by atoms with Gasteiger partial charge >= 0.3 is 5.69 Å². The molecule has 0 spiro atoms. The summed E-state index contributed by atoms with van der Waals surface area (Å²) in [6, 6.07) is 5.24. The molecule has 0 aliphatic heterocycles. The van der Waals surface area contributed by atoms with E-state index in [0.717, 1.165) is 18.5 Å². The normalized spacial score (nSPS) is 12.7. The SMILES string of the molecule is COc1ccc(CN(C)CCC(N)C(C)C)cc1[N+](=O)[O-]. The van der Waals surface area contributed by atoms with Crippen LogP contribution in [0.25, 0.3) is 0 Å². The van der Waals surface area contributed by atoms with Crippen LogP contribution in [0.2, 0.25) is 0 Å².